The van der Waals surface area contributed by atoms with E-state index in [0.717, 1.165) is 5.56 Å². The molecule has 0 aromatic heterocycles. The first-order valence-electron chi connectivity index (χ1n) is 8.27. The van der Waals surface area contributed by atoms with E-state index in [1.165, 1.54) is 12.1 Å². The summed E-state index contributed by atoms with van der Waals surface area (Å²) in [6.45, 7) is 3.90. The molecule has 136 valence electrons. The van der Waals surface area contributed by atoms with E-state index in [4.69, 9.17) is 5.11 Å². The van der Waals surface area contributed by atoms with E-state index in [1.54, 1.807) is 40.7 Å². The van der Waals surface area contributed by atoms with Crippen molar-refractivity contribution in [1.82, 2.24) is 9.80 Å². The van der Waals surface area contributed by atoms with Crippen LogP contribution in [0.5, 0.6) is 0 Å². The summed E-state index contributed by atoms with van der Waals surface area (Å²) in [7, 11) is 1.77. The zero-order valence-corrected chi connectivity index (χ0v) is 15.6. The summed E-state index contributed by atoms with van der Waals surface area (Å²) in [5.41, 5.74) is 1.14. The molecule has 25 heavy (non-hydrogen) atoms. The molecule has 1 fully saturated rings. The number of aromatic carboxylic acids is 1. The molecule has 0 spiro atoms. The second-order valence-corrected chi connectivity index (χ2v) is 7.42. The SMILES string of the molecule is CC(C)N(C)C(=O)C1CSCN1C(=O)CCc1ccc(C(=O)O)cc1. The Balaban J connectivity index is 1.95. The number of nitrogens with zero attached hydrogens (tertiary/aromatic N) is 2. The summed E-state index contributed by atoms with van der Waals surface area (Å²) >= 11 is 1.60. The van der Waals surface area contributed by atoms with Gasteiger partial charge >= 0.3 is 5.97 Å². The predicted octanol–water partition coefficient (Wildman–Crippen LogP) is 2.09. The third-order valence-electron chi connectivity index (χ3n) is 4.44. The number of benzene rings is 1. The number of carbonyl (C=O) groups excluding carboxylic acids is 2. The van der Waals surface area contributed by atoms with Crippen LogP contribution in [0, 0.1) is 0 Å². The van der Waals surface area contributed by atoms with Crippen molar-refractivity contribution in [3.8, 4) is 0 Å². The number of aryl methyl sites for hydroxylation is 1. The Morgan fingerprint density at radius 2 is 1.92 bits per heavy atom. The van der Waals surface area contributed by atoms with Crippen molar-refractivity contribution in [2.24, 2.45) is 0 Å². The molecule has 0 bridgehead atoms. The largest absolute Gasteiger partial charge is 0.478 e. The lowest BCUT2D eigenvalue weighted by molar-refractivity contribution is -0.143. The molecule has 7 heteroatoms. The van der Waals surface area contributed by atoms with Crippen LogP contribution in [-0.2, 0) is 16.0 Å². The van der Waals surface area contributed by atoms with E-state index < -0.39 is 5.97 Å². The third kappa shape index (κ3) is 4.75. The van der Waals surface area contributed by atoms with Gasteiger partial charge in [0.1, 0.15) is 6.04 Å². The molecule has 1 N–H and O–H groups in total. The monoisotopic (exact) mass is 364 g/mol. The maximum atomic E-state index is 12.5. The summed E-state index contributed by atoms with van der Waals surface area (Å²) < 4.78 is 0. The molecule has 0 aliphatic carbocycles. The molecular weight excluding hydrogens is 340 g/mol. The van der Waals surface area contributed by atoms with Gasteiger partial charge in [0, 0.05) is 25.3 Å². The lowest BCUT2D eigenvalue weighted by Gasteiger charge is -2.29. The zero-order chi connectivity index (χ0) is 18.6. The van der Waals surface area contributed by atoms with Crippen LogP contribution in [0.25, 0.3) is 0 Å². The highest BCUT2D eigenvalue weighted by molar-refractivity contribution is 7.99. The summed E-state index contributed by atoms with van der Waals surface area (Å²) in [6.07, 6.45) is 0.836. The number of thioether (sulfide) groups is 1. The topological polar surface area (TPSA) is 77.9 Å². The molecule has 1 aliphatic rings. The van der Waals surface area contributed by atoms with Crippen molar-refractivity contribution in [3.63, 3.8) is 0 Å². The number of hydrogen-bond donors (Lipinski definition) is 1. The van der Waals surface area contributed by atoms with Crippen LogP contribution in [-0.4, -0.2) is 63.5 Å². The Labute approximate surface area is 152 Å². The Morgan fingerprint density at radius 3 is 2.48 bits per heavy atom. The van der Waals surface area contributed by atoms with Gasteiger partial charge in [-0.25, -0.2) is 4.79 Å². The van der Waals surface area contributed by atoms with Crippen molar-refractivity contribution in [3.05, 3.63) is 35.4 Å². The Hall–Kier alpha value is -2.02. The van der Waals surface area contributed by atoms with Crippen LogP contribution in [0.3, 0.4) is 0 Å². The van der Waals surface area contributed by atoms with Crippen molar-refractivity contribution in [1.29, 1.82) is 0 Å². The molecule has 1 aromatic rings. The van der Waals surface area contributed by atoms with Gasteiger partial charge in [0.05, 0.1) is 11.4 Å². The molecule has 1 atom stereocenters. The van der Waals surface area contributed by atoms with Gasteiger partial charge in [0.2, 0.25) is 11.8 Å². The standard InChI is InChI=1S/C18H24N2O4S/c1-12(2)19(3)17(22)15-10-25-11-20(15)16(21)9-6-13-4-7-14(8-5-13)18(23)24/h4-5,7-8,12,15H,6,9-11H2,1-3H3,(H,23,24). The van der Waals surface area contributed by atoms with E-state index in [0.29, 0.717) is 24.5 Å². The van der Waals surface area contributed by atoms with E-state index in [1.807, 2.05) is 13.8 Å². The molecule has 6 nitrogen and oxygen atoms in total. The van der Waals surface area contributed by atoms with Crippen molar-refractivity contribution < 1.29 is 19.5 Å². The Kier molecular flexibility index (Phi) is 6.47. The summed E-state index contributed by atoms with van der Waals surface area (Å²) in [4.78, 5) is 39.3. The zero-order valence-electron chi connectivity index (χ0n) is 14.8. The average molecular weight is 364 g/mol. The molecule has 1 aromatic carbocycles. The second-order valence-electron chi connectivity index (χ2n) is 6.42. The summed E-state index contributed by atoms with van der Waals surface area (Å²) in [5, 5.41) is 8.90. The molecule has 1 unspecified atom stereocenters. The van der Waals surface area contributed by atoms with Crippen LogP contribution in [0.1, 0.15) is 36.2 Å². The normalized spacial score (nSPS) is 17.0. The number of likely N-dealkylation sites (N-methyl/N-ethyl adjacent to an activating group) is 1. The van der Waals surface area contributed by atoms with Crippen molar-refractivity contribution >= 4 is 29.5 Å². The highest BCUT2D eigenvalue weighted by atomic mass is 32.2. The van der Waals surface area contributed by atoms with Gasteiger partial charge in [-0.2, -0.15) is 0 Å². The molecular formula is C18H24N2O4S. The smallest absolute Gasteiger partial charge is 0.335 e. The minimum atomic E-state index is -0.965. The van der Waals surface area contributed by atoms with Gasteiger partial charge in [-0.3, -0.25) is 9.59 Å². The number of carboxylic acid groups (broad SMARTS) is 1. The number of hydrogen-bond acceptors (Lipinski definition) is 4. The molecule has 1 saturated heterocycles. The Bertz CT molecular complexity index is 645. The van der Waals surface area contributed by atoms with Gasteiger partial charge in [0.25, 0.3) is 0 Å². The first kappa shape index (κ1) is 19.3. The molecule has 2 amide bonds. The highest BCUT2D eigenvalue weighted by Gasteiger charge is 2.36. The second kappa shape index (κ2) is 8.38. The van der Waals surface area contributed by atoms with Gasteiger partial charge < -0.3 is 14.9 Å². The van der Waals surface area contributed by atoms with Gasteiger partial charge in [-0.15, -0.1) is 11.8 Å². The first-order valence-corrected chi connectivity index (χ1v) is 9.43. The minimum absolute atomic E-state index is 0.0147. The number of carboxylic acids is 1. The van der Waals surface area contributed by atoms with E-state index in [2.05, 4.69) is 0 Å². The molecule has 2 rings (SSSR count). The van der Waals surface area contributed by atoms with Crippen LogP contribution in [0.4, 0.5) is 0 Å². The number of amides is 2. The van der Waals surface area contributed by atoms with Crippen LogP contribution in [0.2, 0.25) is 0 Å². The van der Waals surface area contributed by atoms with Gasteiger partial charge in [-0.05, 0) is 38.0 Å². The number of rotatable bonds is 6. The lowest BCUT2D eigenvalue weighted by Crippen LogP contribution is -2.49. The fraction of sp³-hybridized carbons (Fsp3) is 0.500. The highest BCUT2D eigenvalue weighted by Crippen LogP contribution is 2.24. The Morgan fingerprint density at radius 1 is 1.28 bits per heavy atom. The van der Waals surface area contributed by atoms with Crippen molar-refractivity contribution in [2.75, 3.05) is 18.7 Å². The number of carbonyl (C=O) groups is 3. The fourth-order valence-corrected chi connectivity index (χ4v) is 3.76. The van der Waals surface area contributed by atoms with Crippen molar-refractivity contribution in [2.45, 2.75) is 38.8 Å². The molecule has 1 heterocycles. The first-order chi connectivity index (χ1) is 11.8. The van der Waals surface area contributed by atoms with E-state index in [-0.39, 0.29) is 29.5 Å². The lowest BCUT2D eigenvalue weighted by atomic mass is 10.1. The molecule has 0 saturated carbocycles. The predicted molar refractivity (Wildman–Crippen MR) is 97.6 cm³/mol. The van der Waals surface area contributed by atoms with Gasteiger partial charge in [-0.1, -0.05) is 12.1 Å². The minimum Gasteiger partial charge on any atom is -0.478 e. The van der Waals surface area contributed by atoms with Crippen LogP contribution in [0.15, 0.2) is 24.3 Å². The quantitative estimate of drug-likeness (QED) is 0.836. The van der Waals surface area contributed by atoms with E-state index >= 15 is 0 Å². The fourth-order valence-electron chi connectivity index (χ4n) is 2.59. The molecule has 1 aliphatic heterocycles. The maximum absolute atomic E-state index is 12.5. The third-order valence-corrected chi connectivity index (χ3v) is 5.45. The van der Waals surface area contributed by atoms with Crippen LogP contribution >= 0.6 is 11.8 Å². The summed E-state index contributed by atoms with van der Waals surface area (Å²) in [6, 6.07) is 6.24. The van der Waals surface area contributed by atoms with E-state index in [9.17, 15) is 14.4 Å². The molecule has 0 radical (unpaired) electrons. The van der Waals surface area contributed by atoms with Crippen LogP contribution < -0.4 is 0 Å². The van der Waals surface area contributed by atoms with Gasteiger partial charge in [0.15, 0.2) is 0 Å². The average Bonchev–Trinajstić information content (AvgIpc) is 3.08. The maximum Gasteiger partial charge on any atom is 0.335 e. The summed E-state index contributed by atoms with van der Waals surface area (Å²) in [5.74, 6) is 0.156.